The van der Waals surface area contributed by atoms with Crippen molar-refractivity contribution < 1.29 is 0 Å². The van der Waals surface area contributed by atoms with Crippen LogP contribution in [0.3, 0.4) is 0 Å². The van der Waals surface area contributed by atoms with Crippen LogP contribution < -0.4 is 5.32 Å². The summed E-state index contributed by atoms with van der Waals surface area (Å²) in [7, 11) is 3.75. The molecule has 2 rings (SSSR count). The summed E-state index contributed by atoms with van der Waals surface area (Å²) in [5.74, 6) is 0. The van der Waals surface area contributed by atoms with Crippen molar-refractivity contribution in [3.63, 3.8) is 0 Å². The number of hydrogen-bond acceptors (Lipinski definition) is 2. The molecule has 0 saturated heterocycles. The van der Waals surface area contributed by atoms with Crippen molar-refractivity contribution in [3.8, 4) is 11.1 Å². The first-order chi connectivity index (χ1) is 7.79. The van der Waals surface area contributed by atoms with Crippen LogP contribution in [-0.2, 0) is 0 Å². The number of hydrogen-bond donors (Lipinski definition) is 1. The predicted octanol–water partition coefficient (Wildman–Crippen LogP) is 2.89. The van der Waals surface area contributed by atoms with Gasteiger partial charge in [-0.3, -0.25) is 4.98 Å². The van der Waals surface area contributed by atoms with Crippen molar-refractivity contribution >= 4 is 0 Å². The molecular formula is C14H18N2. The third-order valence-corrected chi connectivity index (χ3v) is 2.14. The van der Waals surface area contributed by atoms with Crippen molar-refractivity contribution in [3.05, 3.63) is 54.4 Å². The first-order valence-corrected chi connectivity index (χ1v) is 5.34. The highest BCUT2D eigenvalue weighted by Crippen LogP contribution is 2.21. The second-order valence-corrected chi connectivity index (χ2v) is 3.55. The van der Waals surface area contributed by atoms with E-state index in [4.69, 9.17) is 0 Å². The second kappa shape index (κ2) is 6.75. The molecule has 0 aliphatic rings. The number of benzene rings is 1. The average molecular weight is 214 g/mol. The fraction of sp³-hybridized carbons (Fsp3) is 0.214. The van der Waals surface area contributed by atoms with Crippen molar-refractivity contribution in [2.24, 2.45) is 0 Å². The number of pyridine rings is 1. The van der Waals surface area contributed by atoms with Crippen molar-refractivity contribution in [2.45, 2.75) is 6.92 Å². The van der Waals surface area contributed by atoms with Crippen LogP contribution in [0.4, 0.5) is 0 Å². The molecule has 0 spiro atoms. The molecular weight excluding hydrogens is 196 g/mol. The van der Waals surface area contributed by atoms with Gasteiger partial charge in [0, 0.05) is 12.4 Å². The number of aromatic nitrogens is 1. The lowest BCUT2D eigenvalue weighted by atomic mass is 10.0. The topological polar surface area (TPSA) is 24.9 Å². The summed E-state index contributed by atoms with van der Waals surface area (Å²) in [5, 5.41) is 2.75. The summed E-state index contributed by atoms with van der Waals surface area (Å²) in [6, 6.07) is 12.4. The van der Waals surface area contributed by atoms with Gasteiger partial charge >= 0.3 is 0 Å². The molecule has 1 heterocycles. The van der Waals surface area contributed by atoms with Gasteiger partial charge in [0.25, 0.3) is 0 Å². The number of aryl methyl sites for hydroxylation is 1. The Morgan fingerprint density at radius 1 is 0.938 bits per heavy atom. The van der Waals surface area contributed by atoms with Gasteiger partial charge in [0.15, 0.2) is 0 Å². The van der Waals surface area contributed by atoms with E-state index in [-0.39, 0.29) is 0 Å². The van der Waals surface area contributed by atoms with E-state index in [0.717, 1.165) is 0 Å². The van der Waals surface area contributed by atoms with Gasteiger partial charge in [-0.15, -0.1) is 0 Å². The summed E-state index contributed by atoms with van der Waals surface area (Å²) in [4.78, 5) is 4.00. The van der Waals surface area contributed by atoms with Crippen LogP contribution in [0, 0.1) is 6.92 Å². The van der Waals surface area contributed by atoms with Crippen LogP contribution in [0.5, 0.6) is 0 Å². The van der Waals surface area contributed by atoms with E-state index < -0.39 is 0 Å². The maximum absolute atomic E-state index is 4.00. The van der Waals surface area contributed by atoms with Crippen molar-refractivity contribution in [1.82, 2.24) is 10.3 Å². The smallest absolute Gasteiger partial charge is 0.0273 e. The lowest BCUT2D eigenvalue weighted by Gasteiger charge is -2.03. The van der Waals surface area contributed by atoms with Crippen LogP contribution in [0.2, 0.25) is 0 Å². The minimum atomic E-state index is 1.23. The van der Waals surface area contributed by atoms with E-state index in [1.807, 2.05) is 38.6 Å². The molecule has 0 fully saturated rings. The van der Waals surface area contributed by atoms with Crippen molar-refractivity contribution in [1.29, 1.82) is 0 Å². The normalized spacial score (nSPS) is 9.19. The quantitative estimate of drug-likeness (QED) is 0.789. The molecule has 84 valence electrons. The highest BCUT2D eigenvalue weighted by molar-refractivity contribution is 5.66. The summed E-state index contributed by atoms with van der Waals surface area (Å²) < 4.78 is 0. The van der Waals surface area contributed by atoms with Crippen LogP contribution in [0.15, 0.2) is 48.8 Å². The summed E-state index contributed by atoms with van der Waals surface area (Å²) >= 11 is 0. The molecule has 0 aliphatic carbocycles. The standard InChI is InChI=1S/C12H11N.C2H7N/c1-10-4-2-3-5-12(10)11-6-8-13-9-7-11;1-3-2/h2-9H,1H3;3H,1-2H3. The van der Waals surface area contributed by atoms with Crippen LogP contribution >= 0.6 is 0 Å². The van der Waals surface area contributed by atoms with E-state index in [9.17, 15) is 0 Å². The number of rotatable bonds is 1. The zero-order chi connectivity index (χ0) is 11.8. The molecule has 2 heteroatoms. The molecule has 0 atom stereocenters. The molecule has 2 nitrogen and oxygen atoms in total. The highest BCUT2D eigenvalue weighted by Gasteiger charge is 1.98. The van der Waals surface area contributed by atoms with Gasteiger partial charge in [-0.25, -0.2) is 0 Å². The molecule has 1 aromatic carbocycles. The zero-order valence-electron chi connectivity index (χ0n) is 10.1. The van der Waals surface area contributed by atoms with Gasteiger partial charge < -0.3 is 5.32 Å². The maximum atomic E-state index is 4.00. The zero-order valence-corrected chi connectivity index (χ0v) is 10.1. The fourth-order valence-electron chi connectivity index (χ4n) is 1.43. The summed E-state index contributed by atoms with van der Waals surface area (Å²) in [6.45, 7) is 2.12. The molecule has 2 aromatic rings. The van der Waals surface area contributed by atoms with E-state index in [0.29, 0.717) is 0 Å². The van der Waals surface area contributed by atoms with Gasteiger partial charge in [-0.2, -0.15) is 0 Å². The minimum absolute atomic E-state index is 1.23. The first-order valence-electron chi connectivity index (χ1n) is 5.34. The second-order valence-electron chi connectivity index (χ2n) is 3.55. The van der Waals surface area contributed by atoms with Gasteiger partial charge in [0.05, 0.1) is 0 Å². The summed E-state index contributed by atoms with van der Waals surface area (Å²) in [5.41, 5.74) is 3.81. The monoisotopic (exact) mass is 214 g/mol. The van der Waals surface area contributed by atoms with Crippen LogP contribution in [0.25, 0.3) is 11.1 Å². The Bertz CT molecular complexity index is 410. The first kappa shape index (κ1) is 12.4. The Kier molecular flexibility index (Phi) is 5.23. The average Bonchev–Trinajstić information content (AvgIpc) is 2.32. The van der Waals surface area contributed by atoms with Crippen LogP contribution in [-0.4, -0.2) is 19.1 Å². The molecule has 16 heavy (non-hydrogen) atoms. The molecule has 0 saturated carbocycles. The largest absolute Gasteiger partial charge is 0.323 e. The van der Waals surface area contributed by atoms with Gasteiger partial charge in [0.1, 0.15) is 0 Å². The molecule has 1 aromatic heterocycles. The summed E-state index contributed by atoms with van der Waals surface area (Å²) in [6.07, 6.45) is 3.64. The van der Waals surface area contributed by atoms with E-state index in [2.05, 4.69) is 41.5 Å². The molecule has 0 bridgehead atoms. The van der Waals surface area contributed by atoms with Crippen LogP contribution in [0.1, 0.15) is 5.56 Å². The van der Waals surface area contributed by atoms with E-state index in [1.54, 1.807) is 0 Å². The Morgan fingerprint density at radius 3 is 2.06 bits per heavy atom. The molecule has 0 radical (unpaired) electrons. The fourth-order valence-corrected chi connectivity index (χ4v) is 1.43. The molecule has 0 aliphatic heterocycles. The Hall–Kier alpha value is -1.67. The Morgan fingerprint density at radius 2 is 1.50 bits per heavy atom. The lowest BCUT2D eigenvalue weighted by molar-refractivity contribution is 1.02. The molecule has 1 N–H and O–H groups in total. The number of nitrogens with zero attached hydrogens (tertiary/aromatic N) is 1. The third-order valence-electron chi connectivity index (χ3n) is 2.14. The number of nitrogens with one attached hydrogen (secondary N) is 1. The van der Waals surface area contributed by atoms with Crippen molar-refractivity contribution in [2.75, 3.05) is 14.1 Å². The van der Waals surface area contributed by atoms with E-state index in [1.165, 1.54) is 16.7 Å². The van der Waals surface area contributed by atoms with Gasteiger partial charge in [0.2, 0.25) is 0 Å². The highest BCUT2D eigenvalue weighted by atomic mass is 14.7. The lowest BCUT2D eigenvalue weighted by Crippen LogP contribution is -1.89. The van der Waals surface area contributed by atoms with Gasteiger partial charge in [-0.05, 0) is 49.8 Å². The Labute approximate surface area is 97.4 Å². The van der Waals surface area contributed by atoms with E-state index >= 15 is 0 Å². The third kappa shape index (κ3) is 3.48. The predicted molar refractivity (Wildman–Crippen MR) is 69.4 cm³/mol. The Balaban J connectivity index is 0.000000386. The molecule has 0 amide bonds. The SMILES string of the molecule is CNC.Cc1ccccc1-c1ccncc1. The minimum Gasteiger partial charge on any atom is -0.323 e. The maximum Gasteiger partial charge on any atom is 0.0273 e. The van der Waals surface area contributed by atoms with Gasteiger partial charge in [-0.1, -0.05) is 24.3 Å². The molecule has 0 unspecified atom stereocenters.